The van der Waals surface area contributed by atoms with Crippen LogP contribution >= 0.6 is 0 Å². The van der Waals surface area contributed by atoms with Gasteiger partial charge in [-0.15, -0.1) is 0 Å². The number of ether oxygens (including phenoxy) is 1. The molecule has 0 saturated carbocycles. The number of amides is 2. The maximum Gasteiger partial charge on any atom is 0.264 e. The van der Waals surface area contributed by atoms with Crippen LogP contribution in [0.3, 0.4) is 0 Å². The third-order valence-corrected chi connectivity index (χ3v) is 6.10. The maximum atomic E-state index is 13.2. The van der Waals surface area contributed by atoms with Crippen molar-refractivity contribution in [3.05, 3.63) is 83.9 Å². The second-order valence-corrected chi connectivity index (χ2v) is 8.47. The van der Waals surface area contributed by atoms with Crippen LogP contribution < -0.4 is 14.8 Å². The van der Waals surface area contributed by atoms with Crippen molar-refractivity contribution in [3.8, 4) is 11.5 Å². The first-order valence-corrected chi connectivity index (χ1v) is 10.6. The Kier molecular flexibility index (Phi) is 5.01. The van der Waals surface area contributed by atoms with Crippen LogP contribution in [0.1, 0.15) is 24.0 Å². The number of sulfonamides is 1. The first-order valence-electron chi connectivity index (χ1n) is 9.15. The van der Waals surface area contributed by atoms with Crippen molar-refractivity contribution < 1.29 is 22.7 Å². The second-order valence-electron chi connectivity index (χ2n) is 6.79. The molecular weight excluding hydrogens is 404 g/mol. The minimum absolute atomic E-state index is 0.0718. The number of rotatable bonds is 4. The zero-order valence-electron chi connectivity index (χ0n) is 16.0. The summed E-state index contributed by atoms with van der Waals surface area (Å²) in [5.74, 6) is -0.282. The zero-order valence-corrected chi connectivity index (χ0v) is 16.8. The van der Waals surface area contributed by atoms with E-state index in [-0.39, 0.29) is 10.8 Å². The van der Waals surface area contributed by atoms with Gasteiger partial charge in [0, 0.05) is 23.7 Å². The molecule has 1 aliphatic rings. The molecular formula is C22H18N2O5S. The van der Waals surface area contributed by atoms with Gasteiger partial charge in [0.2, 0.25) is 11.8 Å². The molecule has 0 unspecified atom stereocenters. The Morgan fingerprint density at radius 3 is 1.90 bits per heavy atom. The zero-order chi connectivity index (χ0) is 21.3. The average molecular weight is 422 g/mol. The Balaban J connectivity index is 1.61. The van der Waals surface area contributed by atoms with Crippen LogP contribution in [-0.4, -0.2) is 20.2 Å². The fourth-order valence-corrected chi connectivity index (χ4v) is 4.36. The predicted molar refractivity (Wildman–Crippen MR) is 111 cm³/mol. The van der Waals surface area contributed by atoms with Crippen molar-refractivity contribution in [2.24, 2.45) is 0 Å². The van der Waals surface area contributed by atoms with Gasteiger partial charge in [0.05, 0.1) is 10.8 Å². The van der Waals surface area contributed by atoms with Gasteiger partial charge in [0.15, 0.2) is 0 Å². The normalized spacial score (nSPS) is 12.8. The number of nitrogens with one attached hydrogen (secondary N) is 2. The quantitative estimate of drug-likeness (QED) is 0.671. The van der Waals surface area contributed by atoms with Gasteiger partial charge in [-0.25, -0.2) is 13.1 Å². The molecule has 2 amide bonds. The van der Waals surface area contributed by atoms with Crippen molar-refractivity contribution in [1.82, 2.24) is 4.72 Å². The molecule has 1 heterocycles. The molecule has 7 nitrogen and oxygen atoms in total. The van der Waals surface area contributed by atoms with E-state index >= 15 is 0 Å². The lowest BCUT2D eigenvalue weighted by Crippen LogP contribution is -2.28. The monoisotopic (exact) mass is 422 g/mol. The summed E-state index contributed by atoms with van der Waals surface area (Å²) < 4.78 is 31.9. The number of para-hydroxylation sites is 2. The Hall–Kier alpha value is -3.65. The van der Waals surface area contributed by atoms with Crippen LogP contribution in [-0.2, 0) is 19.6 Å². The van der Waals surface area contributed by atoms with Gasteiger partial charge < -0.3 is 10.1 Å². The lowest BCUT2D eigenvalue weighted by Gasteiger charge is -2.27. The highest BCUT2D eigenvalue weighted by molar-refractivity contribution is 7.90. The van der Waals surface area contributed by atoms with E-state index in [0.717, 1.165) is 18.1 Å². The van der Waals surface area contributed by atoms with Gasteiger partial charge >= 0.3 is 0 Å². The molecule has 0 atom stereocenters. The van der Waals surface area contributed by atoms with Crippen molar-refractivity contribution in [2.45, 2.75) is 17.7 Å². The number of carbonyl (C=O) groups is 2. The molecule has 4 rings (SSSR count). The van der Waals surface area contributed by atoms with E-state index in [1.54, 1.807) is 0 Å². The summed E-state index contributed by atoms with van der Waals surface area (Å²) in [4.78, 5) is 24.2. The molecule has 0 spiro atoms. The van der Waals surface area contributed by atoms with E-state index < -0.39 is 21.8 Å². The molecule has 0 radical (unpaired) electrons. The lowest BCUT2D eigenvalue weighted by molar-refractivity contribution is -0.117. The minimum Gasteiger partial charge on any atom is -0.457 e. The van der Waals surface area contributed by atoms with Gasteiger partial charge in [0.1, 0.15) is 11.5 Å². The molecule has 30 heavy (non-hydrogen) atoms. The van der Waals surface area contributed by atoms with Crippen molar-refractivity contribution in [1.29, 1.82) is 0 Å². The molecule has 0 aromatic heterocycles. The van der Waals surface area contributed by atoms with Crippen LogP contribution in [0.25, 0.3) is 0 Å². The number of anilines is 1. The average Bonchev–Trinajstić information content (AvgIpc) is 2.71. The number of fused-ring (bicyclic) bond motifs is 2. The Labute approximate surface area is 173 Å². The summed E-state index contributed by atoms with van der Waals surface area (Å²) in [6.07, 6.45) is 0. The van der Waals surface area contributed by atoms with Crippen molar-refractivity contribution in [2.75, 3.05) is 5.32 Å². The van der Waals surface area contributed by atoms with Gasteiger partial charge in [0.25, 0.3) is 10.0 Å². The number of benzene rings is 3. The van der Waals surface area contributed by atoms with E-state index in [1.165, 1.54) is 24.3 Å². The van der Waals surface area contributed by atoms with Gasteiger partial charge in [-0.3, -0.25) is 9.59 Å². The third kappa shape index (κ3) is 3.77. The summed E-state index contributed by atoms with van der Waals surface area (Å²) >= 11 is 0. The molecule has 3 aromatic rings. The fraction of sp³-hybridized carbons (Fsp3) is 0.0909. The first kappa shape index (κ1) is 19.7. The molecule has 152 valence electrons. The maximum absolute atomic E-state index is 13.2. The summed E-state index contributed by atoms with van der Waals surface area (Å²) in [6, 6.07) is 20.3. The summed E-state index contributed by atoms with van der Waals surface area (Å²) in [7, 11) is -3.93. The van der Waals surface area contributed by atoms with Gasteiger partial charge in [-0.2, -0.15) is 0 Å². The van der Waals surface area contributed by atoms with E-state index in [1.807, 2.05) is 53.3 Å². The SMILES string of the molecule is CC(=O)NS(=O)(=O)c1ccc(NC(=O)C2c3ccccc3Oc3ccccc32)cc1. The van der Waals surface area contributed by atoms with Crippen LogP contribution in [0.2, 0.25) is 0 Å². The number of carbonyl (C=O) groups excluding carboxylic acids is 2. The smallest absolute Gasteiger partial charge is 0.264 e. The van der Waals surface area contributed by atoms with Crippen LogP contribution in [0.15, 0.2) is 77.7 Å². The summed E-state index contributed by atoms with van der Waals surface area (Å²) in [6.45, 7) is 1.12. The number of hydrogen-bond acceptors (Lipinski definition) is 5. The van der Waals surface area contributed by atoms with E-state index in [2.05, 4.69) is 5.32 Å². The molecule has 2 N–H and O–H groups in total. The Morgan fingerprint density at radius 1 is 0.833 bits per heavy atom. The fourth-order valence-electron chi connectivity index (χ4n) is 3.37. The molecule has 8 heteroatoms. The van der Waals surface area contributed by atoms with Crippen LogP contribution in [0, 0.1) is 0 Å². The van der Waals surface area contributed by atoms with Crippen molar-refractivity contribution >= 4 is 27.5 Å². The van der Waals surface area contributed by atoms with Crippen LogP contribution in [0.4, 0.5) is 5.69 Å². The highest BCUT2D eigenvalue weighted by atomic mass is 32.2. The molecule has 0 fully saturated rings. The van der Waals surface area contributed by atoms with E-state index in [4.69, 9.17) is 4.74 Å². The first-order chi connectivity index (χ1) is 14.3. The molecule has 0 aliphatic carbocycles. The Bertz CT molecular complexity index is 1190. The number of hydrogen-bond donors (Lipinski definition) is 2. The highest BCUT2D eigenvalue weighted by Gasteiger charge is 2.32. The molecule has 0 bridgehead atoms. The van der Waals surface area contributed by atoms with Crippen molar-refractivity contribution in [3.63, 3.8) is 0 Å². The van der Waals surface area contributed by atoms with Crippen LogP contribution in [0.5, 0.6) is 11.5 Å². The topological polar surface area (TPSA) is 102 Å². The Morgan fingerprint density at radius 2 is 1.37 bits per heavy atom. The third-order valence-electron chi connectivity index (χ3n) is 4.65. The van der Waals surface area contributed by atoms with Gasteiger partial charge in [-0.05, 0) is 36.4 Å². The second kappa shape index (κ2) is 7.64. The highest BCUT2D eigenvalue weighted by Crippen LogP contribution is 2.44. The lowest BCUT2D eigenvalue weighted by atomic mass is 9.87. The summed E-state index contributed by atoms with van der Waals surface area (Å²) in [5.41, 5.74) is 1.93. The molecule has 1 aliphatic heterocycles. The standard InChI is InChI=1S/C22H18N2O5S/c1-14(25)24-30(27,28)16-12-10-15(11-13-16)23-22(26)21-17-6-2-4-8-19(17)29-20-9-5-3-7-18(20)21/h2-13,21H,1H3,(H,23,26)(H,24,25). The summed E-state index contributed by atoms with van der Waals surface area (Å²) in [5, 5.41) is 2.84. The molecule has 3 aromatic carbocycles. The van der Waals surface area contributed by atoms with Gasteiger partial charge in [-0.1, -0.05) is 36.4 Å². The predicted octanol–water partition coefficient (Wildman–Crippen LogP) is 3.39. The van der Waals surface area contributed by atoms with E-state index in [0.29, 0.717) is 17.2 Å². The molecule has 0 saturated heterocycles. The van der Waals surface area contributed by atoms with E-state index in [9.17, 15) is 18.0 Å². The largest absolute Gasteiger partial charge is 0.457 e. The minimum atomic E-state index is -3.93.